The Bertz CT molecular complexity index is 1690. The van der Waals surface area contributed by atoms with Gasteiger partial charge in [-0.1, -0.05) is 48.5 Å². The van der Waals surface area contributed by atoms with Crippen LogP contribution in [0.2, 0.25) is 0 Å². The van der Waals surface area contributed by atoms with Gasteiger partial charge in [0.1, 0.15) is 11.5 Å². The number of urea groups is 1. The second-order valence-corrected chi connectivity index (χ2v) is 8.94. The molecule has 1 aliphatic heterocycles. The maximum absolute atomic E-state index is 13.3. The molecule has 2 aromatic carbocycles. The largest absolute Gasteiger partial charge is 0.433 e. The Balaban J connectivity index is 1.35. The number of fused-ring (bicyclic) bond motifs is 1. The number of aromatic nitrogens is 3. The number of amides is 4. The van der Waals surface area contributed by atoms with Gasteiger partial charge in [-0.25, -0.2) is 30.2 Å². The maximum atomic E-state index is 13.3. The van der Waals surface area contributed by atoms with E-state index in [0.29, 0.717) is 34.4 Å². The van der Waals surface area contributed by atoms with Crippen molar-refractivity contribution in [2.24, 2.45) is 4.99 Å². The van der Waals surface area contributed by atoms with Crippen LogP contribution in [0.3, 0.4) is 0 Å². The number of hydrogen-bond donors (Lipinski definition) is 4. The van der Waals surface area contributed by atoms with E-state index >= 15 is 0 Å². The molecule has 0 spiro atoms. The Morgan fingerprint density at radius 3 is 2.29 bits per heavy atom. The molecule has 0 saturated carbocycles. The third-order valence-electron chi connectivity index (χ3n) is 6.04. The van der Waals surface area contributed by atoms with E-state index in [4.69, 9.17) is 0 Å². The molecule has 14 heteroatoms. The molecule has 0 saturated heterocycles. The molecule has 0 aliphatic carbocycles. The smallest absolute Gasteiger partial charge is 0.322 e. The normalized spacial score (nSPS) is 14.5. The van der Waals surface area contributed by atoms with Crippen molar-refractivity contribution < 1.29 is 27.6 Å². The Hall–Kier alpha value is -5.66. The number of benzodiazepines with no additional fused rings is 1. The first-order chi connectivity index (χ1) is 20.1. The summed E-state index contributed by atoms with van der Waals surface area (Å²) in [6, 6.07) is 16.6. The zero-order chi connectivity index (χ0) is 29.9. The summed E-state index contributed by atoms with van der Waals surface area (Å²) in [5.41, 5.74) is 4.67. The first-order valence-electron chi connectivity index (χ1n) is 12.4. The van der Waals surface area contributed by atoms with Crippen LogP contribution in [0.4, 0.5) is 23.7 Å². The van der Waals surface area contributed by atoms with Crippen LogP contribution in [0.25, 0.3) is 11.3 Å². The van der Waals surface area contributed by atoms with Gasteiger partial charge in [0.15, 0.2) is 0 Å². The number of alkyl halides is 3. The number of hydrogen-bond acceptors (Lipinski definition) is 7. The Morgan fingerprint density at radius 1 is 0.881 bits per heavy atom. The van der Waals surface area contributed by atoms with Gasteiger partial charge in [0.2, 0.25) is 6.17 Å². The predicted molar refractivity (Wildman–Crippen MR) is 145 cm³/mol. The minimum absolute atomic E-state index is 0.0544. The van der Waals surface area contributed by atoms with Crippen molar-refractivity contribution in [3.8, 4) is 11.3 Å². The van der Waals surface area contributed by atoms with Gasteiger partial charge in [-0.3, -0.25) is 15.0 Å². The Kier molecular flexibility index (Phi) is 7.60. The number of aliphatic imine (C=N–C) groups is 1. The number of rotatable bonds is 4. The highest BCUT2D eigenvalue weighted by Crippen LogP contribution is 2.31. The molecular formula is C28H21F3N8O3. The van der Waals surface area contributed by atoms with Gasteiger partial charge in [-0.2, -0.15) is 13.2 Å². The molecule has 0 radical (unpaired) electrons. The SMILES string of the molecule is Cc1ncc(-c2nc(C(F)(F)F)ccc2C(=O)NNC(=O)NC2N=C(c3ccccc3)c3ccccc3NC2=O)cn1. The number of pyridine rings is 1. The monoisotopic (exact) mass is 574 g/mol. The minimum Gasteiger partial charge on any atom is -0.322 e. The summed E-state index contributed by atoms with van der Waals surface area (Å²) < 4.78 is 40.0. The zero-order valence-corrected chi connectivity index (χ0v) is 21.7. The van der Waals surface area contributed by atoms with Crippen LogP contribution < -0.4 is 21.5 Å². The van der Waals surface area contributed by atoms with Crippen LogP contribution in [0.15, 0.2) is 84.1 Å². The number of aryl methyl sites for hydroxylation is 1. The molecule has 1 aliphatic rings. The van der Waals surface area contributed by atoms with Crippen molar-refractivity contribution in [2.75, 3.05) is 5.32 Å². The molecule has 5 rings (SSSR count). The number of nitrogens with zero attached hydrogens (tertiary/aromatic N) is 4. The fourth-order valence-corrected chi connectivity index (χ4v) is 4.06. The number of carbonyl (C=O) groups is 3. The van der Waals surface area contributed by atoms with Crippen LogP contribution in [-0.2, 0) is 11.0 Å². The predicted octanol–water partition coefficient (Wildman–Crippen LogP) is 3.63. The number of carbonyl (C=O) groups excluding carboxylic acids is 3. The first kappa shape index (κ1) is 27.9. The van der Waals surface area contributed by atoms with Gasteiger partial charge in [0.05, 0.1) is 22.7 Å². The average molecular weight is 575 g/mol. The highest BCUT2D eigenvalue weighted by atomic mass is 19.4. The summed E-state index contributed by atoms with van der Waals surface area (Å²) in [6.07, 6.45) is -3.71. The van der Waals surface area contributed by atoms with E-state index in [2.05, 4.69) is 41.4 Å². The molecule has 4 amide bonds. The Morgan fingerprint density at radius 2 is 1.57 bits per heavy atom. The lowest BCUT2D eigenvalue weighted by molar-refractivity contribution is -0.141. The van der Waals surface area contributed by atoms with E-state index in [0.717, 1.165) is 6.07 Å². The molecule has 3 heterocycles. The van der Waals surface area contributed by atoms with Crippen LogP contribution >= 0.6 is 0 Å². The van der Waals surface area contributed by atoms with Gasteiger partial charge in [-0.15, -0.1) is 0 Å². The second kappa shape index (κ2) is 11.4. The van der Waals surface area contributed by atoms with Crippen molar-refractivity contribution in [1.82, 2.24) is 31.1 Å². The lowest BCUT2D eigenvalue weighted by Gasteiger charge is -2.16. The molecule has 0 bridgehead atoms. The van der Waals surface area contributed by atoms with Gasteiger partial charge < -0.3 is 10.6 Å². The number of nitrogens with one attached hydrogen (secondary N) is 4. The van der Waals surface area contributed by atoms with Gasteiger partial charge in [-0.05, 0) is 25.1 Å². The minimum atomic E-state index is -4.77. The summed E-state index contributed by atoms with van der Waals surface area (Å²) in [7, 11) is 0. The van der Waals surface area contributed by atoms with E-state index in [1.54, 1.807) is 55.5 Å². The molecule has 42 heavy (non-hydrogen) atoms. The van der Waals surface area contributed by atoms with E-state index < -0.39 is 35.9 Å². The summed E-state index contributed by atoms with van der Waals surface area (Å²) in [6.45, 7) is 1.58. The topological polar surface area (TPSA) is 150 Å². The first-order valence-corrected chi connectivity index (χ1v) is 12.4. The van der Waals surface area contributed by atoms with Gasteiger partial charge in [0.25, 0.3) is 11.8 Å². The number of benzene rings is 2. The molecule has 2 aromatic heterocycles. The summed E-state index contributed by atoms with van der Waals surface area (Å²) in [5.74, 6) is -1.25. The van der Waals surface area contributed by atoms with Gasteiger partial charge >= 0.3 is 12.2 Å². The van der Waals surface area contributed by atoms with Crippen LogP contribution in [0.5, 0.6) is 0 Å². The lowest BCUT2D eigenvalue weighted by Crippen LogP contribution is -2.52. The molecule has 0 fully saturated rings. The maximum Gasteiger partial charge on any atom is 0.433 e. The van der Waals surface area contributed by atoms with Crippen LogP contribution in [-0.4, -0.2) is 44.7 Å². The molecular weight excluding hydrogens is 553 g/mol. The zero-order valence-electron chi connectivity index (χ0n) is 21.7. The summed E-state index contributed by atoms with van der Waals surface area (Å²) in [4.78, 5) is 54.6. The van der Waals surface area contributed by atoms with E-state index in [9.17, 15) is 27.6 Å². The molecule has 1 atom stereocenters. The third kappa shape index (κ3) is 6.06. The standard InChI is InChI=1S/C28H21F3N8O3/c1-15-32-13-17(14-33-15)23-19(11-12-21(35-23)28(29,30)31)25(40)38-39-27(42)37-24-26(41)34-20-10-6-5-9-18(20)22(36-24)16-7-3-2-4-8-16/h2-14,24H,1H3,(H,34,41)(H,38,40)(H2,37,39,42). The quantitative estimate of drug-likeness (QED) is 0.274. The molecule has 4 aromatic rings. The molecule has 4 N–H and O–H groups in total. The summed E-state index contributed by atoms with van der Waals surface area (Å²) >= 11 is 0. The van der Waals surface area contributed by atoms with Gasteiger partial charge in [0, 0.05) is 29.1 Å². The van der Waals surface area contributed by atoms with E-state index in [-0.39, 0.29) is 16.8 Å². The highest BCUT2D eigenvalue weighted by molar-refractivity contribution is 6.19. The second-order valence-electron chi connectivity index (χ2n) is 8.94. The van der Waals surface area contributed by atoms with Crippen molar-refractivity contribution in [1.29, 1.82) is 0 Å². The highest BCUT2D eigenvalue weighted by Gasteiger charge is 2.34. The van der Waals surface area contributed by atoms with Crippen LogP contribution in [0.1, 0.15) is 33.0 Å². The molecule has 212 valence electrons. The fourth-order valence-electron chi connectivity index (χ4n) is 4.06. The number of hydrazine groups is 1. The summed E-state index contributed by atoms with van der Waals surface area (Å²) in [5, 5.41) is 5.10. The van der Waals surface area contributed by atoms with Crippen molar-refractivity contribution in [3.05, 3.63) is 107 Å². The third-order valence-corrected chi connectivity index (χ3v) is 6.04. The Labute approximate surface area is 236 Å². The lowest BCUT2D eigenvalue weighted by atomic mass is 10.0. The van der Waals surface area contributed by atoms with Crippen LogP contribution in [0, 0.1) is 6.92 Å². The molecule has 11 nitrogen and oxygen atoms in total. The number of para-hydroxylation sites is 1. The van der Waals surface area contributed by atoms with Crippen molar-refractivity contribution in [2.45, 2.75) is 19.3 Å². The average Bonchev–Trinajstić information content (AvgIpc) is 3.12. The number of halogens is 3. The van der Waals surface area contributed by atoms with E-state index in [1.807, 2.05) is 6.07 Å². The molecule has 1 unspecified atom stereocenters. The van der Waals surface area contributed by atoms with Crippen molar-refractivity contribution in [3.63, 3.8) is 0 Å². The number of anilines is 1. The van der Waals surface area contributed by atoms with Crippen molar-refractivity contribution >= 4 is 29.2 Å². The fraction of sp³-hybridized carbons (Fsp3) is 0.107. The van der Waals surface area contributed by atoms with E-state index in [1.165, 1.54) is 12.4 Å².